The van der Waals surface area contributed by atoms with Crippen molar-refractivity contribution in [2.45, 2.75) is 77.4 Å². The molecule has 1 heterocycles. The lowest BCUT2D eigenvalue weighted by molar-refractivity contribution is -0.164. The maximum Gasteiger partial charge on any atom is 0.416 e. The van der Waals surface area contributed by atoms with E-state index >= 15 is 0 Å². The molecule has 0 saturated carbocycles. The molecule has 0 aromatic heterocycles. The van der Waals surface area contributed by atoms with Gasteiger partial charge in [-0.1, -0.05) is 44.2 Å². The number of nitrogens with zero attached hydrogens (tertiary/aromatic N) is 1. The van der Waals surface area contributed by atoms with Crippen LogP contribution >= 0.6 is 0 Å². The smallest absolute Gasteiger partial charge is 0.416 e. The number of hydrogen-bond acceptors (Lipinski definition) is 4. The van der Waals surface area contributed by atoms with Crippen LogP contribution in [0.15, 0.2) is 48.5 Å². The molecule has 2 aromatic rings. The highest BCUT2D eigenvalue weighted by Gasteiger charge is 2.53. The number of nitrogens with two attached hydrogens (primary N) is 1. The number of amides is 1. The topological polar surface area (TPSA) is 72.6 Å². The van der Waals surface area contributed by atoms with E-state index in [0.29, 0.717) is 25.3 Å². The Kier molecular flexibility index (Phi) is 8.44. The summed E-state index contributed by atoms with van der Waals surface area (Å²) in [5, 5.41) is 0. The fourth-order valence-corrected chi connectivity index (χ4v) is 5.20. The first kappa shape index (κ1) is 27.6. The van der Waals surface area contributed by atoms with E-state index in [1.54, 1.807) is 0 Å². The number of esters is 1. The van der Waals surface area contributed by atoms with Crippen LogP contribution in [0.3, 0.4) is 0 Å². The van der Waals surface area contributed by atoms with Crippen molar-refractivity contribution >= 4 is 11.9 Å². The van der Waals surface area contributed by atoms with Gasteiger partial charge in [-0.05, 0) is 61.9 Å². The molecule has 3 atom stereocenters. The zero-order valence-electron chi connectivity index (χ0n) is 20.6. The van der Waals surface area contributed by atoms with Gasteiger partial charge in [0.05, 0.1) is 23.1 Å². The number of ether oxygens (including phenoxy) is 1. The number of alkyl halides is 3. The largest absolute Gasteiger partial charge is 0.460 e. The SMILES string of the molecule is CCC(CC)(C(=O)OCc1ccccc1)[C@H]1CC[C@@H](c2cc(F)cc(C(F)(F)F)c2)N1C(=O)[C@@H](C)N. The van der Waals surface area contributed by atoms with E-state index in [0.717, 1.165) is 17.7 Å². The normalized spacial score (nSPS) is 19.3. The third kappa shape index (κ3) is 5.56. The number of rotatable bonds is 8. The van der Waals surface area contributed by atoms with Gasteiger partial charge in [-0.3, -0.25) is 9.59 Å². The molecule has 36 heavy (non-hydrogen) atoms. The summed E-state index contributed by atoms with van der Waals surface area (Å²) < 4.78 is 60.1. The second-order valence-electron chi connectivity index (χ2n) is 9.34. The highest BCUT2D eigenvalue weighted by Crippen LogP contribution is 2.48. The fraction of sp³-hybridized carbons (Fsp3) is 0.481. The minimum Gasteiger partial charge on any atom is -0.460 e. The molecule has 0 unspecified atom stereocenters. The molecule has 0 radical (unpaired) electrons. The van der Waals surface area contributed by atoms with E-state index < -0.39 is 53.0 Å². The predicted molar refractivity (Wildman–Crippen MR) is 127 cm³/mol. The monoisotopic (exact) mass is 508 g/mol. The van der Waals surface area contributed by atoms with Crippen LogP contribution in [0.2, 0.25) is 0 Å². The van der Waals surface area contributed by atoms with Crippen molar-refractivity contribution in [1.82, 2.24) is 4.90 Å². The van der Waals surface area contributed by atoms with Crippen LogP contribution < -0.4 is 5.73 Å². The summed E-state index contributed by atoms with van der Waals surface area (Å²) >= 11 is 0. The third-order valence-electron chi connectivity index (χ3n) is 7.18. The minimum absolute atomic E-state index is 0.0255. The Morgan fingerprint density at radius 3 is 2.28 bits per heavy atom. The standard InChI is InChI=1S/C27H32F4N2O3/c1-4-26(5-2,25(35)36-16-18-9-7-6-8-10-18)23-12-11-22(33(23)24(34)17(3)32)19-13-20(27(29,30)31)15-21(28)14-19/h6-10,13-15,17,22-23H,4-5,11-12,16,32H2,1-3H3/t17-,22+,23-/m1/s1. The van der Waals surface area contributed by atoms with Crippen LogP contribution in [-0.4, -0.2) is 28.9 Å². The van der Waals surface area contributed by atoms with E-state index in [4.69, 9.17) is 10.5 Å². The highest BCUT2D eigenvalue weighted by molar-refractivity contribution is 5.85. The Morgan fingerprint density at radius 2 is 1.72 bits per heavy atom. The van der Waals surface area contributed by atoms with Gasteiger partial charge < -0.3 is 15.4 Å². The lowest BCUT2D eigenvalue weighted by atomic mass is 9.74. The van der Waals surface area contributed by atoms with Crippen LogP contribution in [-0.2, 0) is 27.1 Å². The summed E-state index contributed by atoms with van der Waals surface area (Å²) in [7, 11) is 0. The van der Waals surface area contributed by atoms with Crippen LogP contribution in [0.4, 0.5) is 17.6 Å². The molecule has 3 rings (SSSR count). The molecule has 0 bridgehead atoms. The maximum atomic E-state index is 14.2. The zero-order valence-corrected chi connectivity index (χ0v) is 20.6. The lowest BCUT2D eigenvalue weighted by Gasteiger charge is -2.42. The molecule has 9 heteroatoms. The van der Waals surface area contributed by atoms with Gasteiger partial charge in [0.2, 0.25) is 5.91 Å². The zero-order chi connectivity index (χ0) is 26.7. The fourth-order valence-electron chi connectivity index (χ4n) is 5.20. The quantitative estimate of drug-likeness (QED) is 0.363. The van der Waals surface area contributed by atoms with Crippen molar-refractivity contribution in [3.05, 3.63) is 71.0 Å². The number of likely N-dealkylation sites (tertiary alicyclic amines) is 1. The number of halogens is 4. The van der Waals surface area contributed by atoms with Crippen molar-refractivity contribution in [2.24, 2.45) is 11.1 Å². The van der Waals surface area contributed by atoms with E-state index in [2.05, 4.69) is 0 Å². The first-order chi connectivity index (χ1) is 16.9. The van der Waals surface area contributed by atoms with Crippen LogP contribution in [0.1, 0.15) is 69.2 Å². The summed E-state index contributed by atoms with van der Waals surface area (Å²) in [5.74, 6) is -2.04. The van der Waals surface area contributed by atoms with Gasteiger partial charge in [0, 0.05) is 6.04 Å². The van der Waals surface area contributed by atoms with Crippen LogP contribution in [0.5, 0.6) is 0 Å². The number of benzene rings is 2. The Labute approximate surface area is 208 Å². The van der Waals surface area contributed by atoms with E-state index in [1.165, 1.54) is 11.8 Å². The molecule has 2 aromatic carbocycles. The molecule has 1 amide bonds. The first-order valence-electron chi connectivity index (χ1n) is 12.1. The predicted octanol–water partition coefficient (Wildman–Crippen LogP) is 5.77. The summed E-state index contributed by atoms with van der Waals surface area (Å²) in [6, 6.07) is 8.97. The molecule has 1 aliphatic heterocycles. The lowest BCUT2D eigenvalue weighted by Crippen LogP contribution is -2.54. The van der Waals surface area contributed by atoms with E-state index in [9.17, 15) is 27.2 Å². The van der Waals surface area contributed by atoms with Crippen molar-refractivity contribution < 1.29 is 31.9 Å². The second kappa shape index (κ2) is 11.0. The molecule has 196 valence electrons. The molecule has 0 aliphatic carbocycles. The molecule has 1 aliphatic rings. The van der Waals surface area contributed by atoms with E-state index in [-0.39, 0.29) is 18.6 Å². The molecule has 1 saturated heterocycles. The summed E-state index contributed by atoms with van der Waals surface area (Å²) in [6.07, 6.45) is -3.47. The maximum absolute atomic E-state index is 14.2. The van der Waals surface area contributed by atoms with Crippen LogP contribution in [0, 0.1) is 11.2 Å². The molecule has 5 nitrogen and oxygen atoms in total. The minimum atomic E-state index is -4.75. The molecule has 1 fully saturated rings. The van der Waals surface area contributed by atoms with Gasteiger partial charge in [0.15, 0.2) is 0 Å². The Hall–Kier alpha value is -2.94. The summed E-state index contributed by atoms with van der Waals surface area (Å²) in [5.41, 5.74) is 4.52. The molecular formula is C27H32F4N2O3. The van der Waals surface area contributed by atoms with Gasteiger partial charge in [-0.25, -0.2) is 4.39 Å². The van der Waals surface area contributed by atoms with Gasteiger partial charge in [0.25, 0.3) is 0 Å². The number of carbonyl (C=O) groups excluding carboxylic acids is 2. The average molecular weight is 509 g/mol. The average Bonchev–Trinajstić information content (AvgIpc) is 3.28. The van der Waals surface area contributed by atoms with Gasteiger partial charge in [-0.2, -0.15) is 13.2 Å². The summed E-state index contributed by atoms with van der Waals surface area (Å²) in [6.45, 7) is 5.17. The molecule has 0 spiro atoms. The third-order valence-corrected chi connectivity index (χ3v) is 7.18. The summed E-state index contributed by atoms with van der Waals surface area (Å²) in [4.78, 5) is 28.2. The highest BCUT2D eigenvalue weighted by atomic mass is 19.4. The number of hydrogen-bond donors (Lipinski definition) is 1. The van der Waals surface area contributed by atoms with Crippen LogP contribution in [0.25, 0.3) is 0 Å². The Bertz CT molecular complexity index is 1070. The molecular weight excluding hydrogens is 476 g/mol. The van der Waals surface area contributed by atoms with Gasteiger partial charge >= 0.3 is 12.1 Å². The first-order valence-corrected chi connectivity index (χ1v) is 12.1. The van der Waals surface area contributed by atoms with Crippen molar-refractivity contribution in [1.29, 1.82) is 0 Å². The van der Waals surface area contributed by atoms with E-state index in [1.807, 2.05) is 44.2 Å². The van der Waals surface area contributed by atoms with Crippen molar-refractivity contribution in [3.8, 4) is 0 Å². The van der Waals surface area contributed by atoms with Gasteiger partial charge in [0.1, 0.15) is 12.4 Å². The second-order valence-corrected chi connectivity index (χ2v) is 9.34. The Balaban J connectivity index is 2.00. The van der Waals surface area contributed by atoms with Gasteiger partial charge in [-0.15, -0.1) is 0 Å². The number of carbonyl (C=O) groups is 2. The Morgan fingerprint density at radius 1 is 1.08 bits per heavy atom. The molecule has 2 N–H and O–H groups in total. The van der Waals surface area contributed by atoms with Crippen molar-refractivity contribution in [2.75, 3.05) is 0 Å². The van der Waals surface area contributed by atoms with Crippen molar-refractivity contribution in [3.63, 3.8) is 0 Å².